The molecule has 0 unspecified atom stereocenters. The van der Waals surface area contributed by atoms with Gasteiger partial charge in [-0.2, -0.15) is 0 Å². The molecule has 0 bridgehead atoms. The second-order valence-electron chi connectivity index (χ2n) is 7.26. The van der Waals surface area contributed by atoms with Crippen LogP contribution < -0.4 is 10.0 Å². The van der Waals surface area contributed by atoms with Crippen LogP contribution in [0.15, 0.2) is 40.1 Å². The molecule has 6 nitrogen and oxygen atoms in total. The van der Waals surface area contributed by atoms with Gasteiger partial charge in [0.2, 0.25) is 0 Å². The SMILES string of the molecule is O=S(=O)(Nc1cscn1)c1cc(Cl)c(NCc2cc(F)c(F)cc2CN2CCC2)cc1F. The van der Waals surface area contributed by atoms with Crippen molar-refractivity contribution in [2.45, 2.75) is 24.4 Å². The van der Waals surface area contributed by atoms with Gasteiger partial charge in [-0.1, -0.05) is 11.6 Å². The monoisotopic (exact) mass is 502 g/mol. The number of sulfonamides is 1. The van der Waals surface area contributed by atoms with Crippen LogP contribution >= 0.6 is 22.9 Å². The number of thiazole rings is 1. The van der Waals surface area contributed by atoms with Gasteiger partial charge in [0, 0.05) is 18.5 Å². The molecule has 4 rings (SSSR count). The number of halogens is 4. The zero-order valence-electron chi connectivity index (χ0n) is 16.5. The van der Waals surface area contributed by atoms with Crippen molar-refractivity contribution < 1.29 is 21.6 Å². The number of hydrogen-bond donors (Lipinski definition) is 2. The van der Waals surface area contributed by atoms with Gasteiger partial charge < -0.3 is 5.32 Å². The van der Waals surface area contributed by atoms with E-state index in [1.807, 2.05) is 0 Å². The first-order chi connectivity index (χ1) is 15.2. The lowest BCUT2D eigenvalue weighted by Gasteiger charge is -2.31. The Kier molecular flexibility index (Phi) is 6.61. The Labute approximate surface area is 192 Å². The van der Waals surface area contributed by atoms with Crippen molar-refractivity contribution in [2.24, 2.45) is 0 Å². The van der Waals surface area contributed by atoms with Gasteiger partial charge in [0.15, 0.2) is 17.5 Å². The Morgan fingerprint density at radius 3 is 2.41 bits per heavy atom. The van der Waals surface area contributed by atoms with E-state index in [1.54, 1.807) is 0 Å². The summed E-state index contributed by atoms with van der Waals surface area (Å²) in [6, 6.07) is 4.19. The van der Waals surface area contributed by atoms with Gasteiger partial charge in [-0.25, -0.2) is 26.6 Å². The molecule has 0 saturated carbocycles. The molecule has 2 N–H and O–H groups in total. The highest BCUT2D eigenvalue weighted by atomic mass is 35.5. The predicted molar refractivity (Wildman–Crippen MR) is 118 cm³/mol. The van der Waals surface area contributed by atoms with Crippen LogP contribution in [0.2, 0.25) is 5.02 Å². The summed E-state index contributed by atoms with van der Waals surface area (Å²) in [6.45, 7) is 2.28. The third-order valence-electron chi connectivity index (χ3n) is 5.04. The fourth-order valence-electron chi connectivity index (χ4n) is 3.24. The van der Waals surface area contributed by atoms with E-state index in [-0.39, 0.29) is 23.1 Å². The standard InChI is InChI=1S/C20H18ClF3N4O2S2/c21-14-6-19(32(29,30)27-20-10-31-11-26-20)17(24)7-18(14)25-8-12-4-15(22)16(23)5-13(12)9-28-2-1-3-28/h4-7,10-11,25,27H,1-3,8-9H2. The minimum absolute atomic E-state index is 0.0443. The van der Waals surface area contributed by atoms with Gasteiger partial charge in [-0.3, -0.25) is 9.62 Å². The molecule has 1 aliphatic rings. The smallest absolute Gasteiger partial charge is 0.266 e. The number of nitrogens with one attached hydrogen (secondary N) is 2. The second kappa shape index (κ2) is 9.26. The normalized spacial score (nSPS) is 14.2. The van der Waals surface area contributed by atoms with Gasteiger partial charge in [0.1, 0.15) is 10.7 Å². The predicted octanol–water partition coefficient (Wildman–Crippen LogP) is 4.83. The first-order valence-corrected chi connectivity index (χ1v) is 12.4. The quantitative estimate of drug-likeness (QED) is 0.461. The van der Waals surface area contributed by atoms with Crippen LogP contribution in [0, 0.1) is 17.5 Å². The molecule has 12 heteroatoms. The van der Waals surface area contributed by atoms with Crippen molar-refractivity contribution in [3.05, 3.63) is 68.8 Å². The van der Waals surface area contributed by atoms with Crippen LogP contribution in [0.3, 0.4) is 0 Å². The molecule has 0 amide bonds. The van der Waals surface area contributed by atoms with E-state index >= 15 is 0 Å². The highest BCUT2D eigenvalue weighted by Crippen LogP contribution is 2.30. The molecular formula is C20H18ClF3N4O2S2. The molecule has 2 aromatic carbocycles. The fraction of sp³-hybridized carbons (Fsp3) is 0.250. The number of benzene rings is 2. The maximum atomic E-state index is 14.7. The van der Waals surface area contributed by atoms with E-state index in [0.29, 0.717) is 17.7 Å². The zero-order valence-corrected chi connectivity index (χ0v) is 18.9. The molecule has 1 saturated heterocycles. The molecule has 2 heterocycles. The molecule has 1 aliphatic heterocycles. The number of nitrogens with zero attached hydrogens (tertiary/aromatic N) is 2. The molecule has 0 spiro atoms. The number of aromatic nitrogens is 1. The van der Waals surface area contributed by atoms with Crippen LogP contribution in [-0.4, -0.2) is 31.4 Å². The van der Waals surface area contributed by atoms with E-state index in [4.69, 9.17) is 11.6 Å². The third-order valence-corrected chi connectivity index (χ3v) is 7.31. The van der Waals surface area contributed by atoms with Crippen molar-refractivity contribution in [3.63, 3.8) is 0 Å². The summed E-state index contributed by atoms with van der Waals surface area (Å²) >= 11 is 7.37. The number of hydrogen-bond acceptors (Lipinski definition) is 6. The Hall–Kier alpha value is -2.34. The van der Waals surface area contributed by atoms with Crippen LogP contribution in [0.25, 0.3) is 0 Å². The Balaban J connectivity index is 1.54. The summed E-state index contributed by atoms with van der Waals surface area (Å²) in [5.41, 5.74) is 2.66. The molecule has 1 fully saturated rings. The highest BCUT2D eigenvalue weighted by molar-refractivity contribution is 7.92. The maximum Gasteiger partial charge on any atom is 0.266 e. The molecule has 32 heavy (non-hydrogen) atoms. The maximum absolute atomic E-state index is 14.7. The van der Waals surface area contributed by atoms with Gasteiger partial charge in [-0.15, -0.1) is 11.3 Å². The van der Waals surface area contributed by atoms with Crippen molar-refractivity contribution in [1.82, 2.24) is 9.88 Å². The topological polar surface area (TPSA) is 74.3 Å². The van der Waals surface area contributed by atoms with E-state index in [9.17, 15) is 21.6 Å². The lowest BCUT2D eigenvalue weighted by molar-refractivity contribution is 0.172. The number of anilines is 2. The minimum atomic E-state index is -4.24. The Morgan fingerprint density at radius 2 is 1.78 bits per heavy atom. The lowest BCUT2D eigenvalue weighted by Crippen LogP contribution is -2.36. The van der Waals surface area contributed by atoms with E-state index in [2.05, 4.69) is 19.9 Å². The molecule has 1 aromatic heterocycles. The summed E-state index contributed by atoms with van der Waals surface area (Å²) < 4.78 is 69.3. The molecular weight excluding hydrogens is 485 g/mol. The first-order valence-electron chi connectivity index (χ1n) is 9.56. The van der Waals surface area contributed by atoms with Crippen molar-refractivity contribution >= 4 is 44.5 Å². The summed E-state index contributed by atoms with van der Waals surface area (Å²) in [7, 11) is -4.24. The third kappa shape index (κ3) is 5.01. The minimum Gasteiger partial charge on any atom is -0.380 e. The molecule has 0 radical (unpaired) electrons. The van der Waals surface area contributed by atoms with Gasteiger partial charge in [0.25, 0.3) is 10.0 Å². The first kappa shape index (κ1) is 22.8. The van der Waals surface area contributed by atoms with Crippen molar-refractivity contribution in [2.75, 3.05) is 23.1 Å². The average molecular weight is 503 g/mol. The molecule has 0 aliphatic carbocycles. The number of likely N-dealkylation sites (tertiary alicyclic amines) is 1. The summed E-state index contributed by atoms with van der Waals surface area (Å²) in [5, 5.41) is 4.31. The summed E-state index contributed by atoms with van der Waals surface area (Å²) in [4.78, 5) is 5.27. The summed E-state index contributed by atoms with van der Waals surface area (Å²) in [6.07, 6.45) is 1.05. The Bertz CT molecular complexity index is 1240. The van der Waals surface area contributed by atoms with Crippen LogP contribution in [0.4, 0.5) is 24.7 Å². The van der Waals surface area contributed by atoms with E-state index in [1.165, 1.54) is 22.2 Å². The van der Waals surface area contributed by atoms with Crippen molar-refractivity contribution in [1.29, 1.82) is 0 Å². The lowest BCUT2D eigenvalue weighted by atomic mass is 10.0. The van der Waals surface area contributed by atoms with E-state index in [0.717, 1.165) is 43.8 Å². The molecule has 0 atom stereocenters. The van der Waals surface area contributed by atoms with Crippen molar-refractivity contribution in [3.8, 4) is 0 Å². The molecule has 170 valence electrons. The van der Waals surface area contributed by atoms with Crippen LogP contribution in [0.5, 0.6) is 0 Å². The van der Waals surface area contributed by atoms with Gasteiger partial charge in [-0.05, 0) is 54.9 Å². The fourth-order valence-corrected chi connectivity index (χ4v) is 5.18. The van der Waals surface area contributed by atoms with Gasteiger partial charge in [0.05, 0.1) is 16.2 Å². The Morgan fingerprint density at radius 1 is 1.06 bits per heavy atom. The average Bonchev–Trinajstić information content (AvgIpc) is 3.20. The second-order valence-corrected chi connectivity index (χ2v) is 10.0. The molecule has 3 aromatic rings. The largest absolute Gasteiger partial charge is 0.380 e. The van der Waals surface area contributed by atoms with Crippen LogP contribution in [-0.2, 0) is 23.1 Å². The zero-order chi connectivity index (χ0) is 22.9. The number of rotatable bonds is 8. The van der Waals surface area contributed by atoms with Crippen LogP contribution in [0.1, 0.15) is 17.5 Å². The summed E-state index contributed by atoms with van der Waals surface area (Å²) in [5.74, 6) is -2.87. The van der Waals surface area contributed by atoms with Gasteiger partial charge >= 0.3 is 0 Å². The highest BCUT2D eigenvalue weighted by Gasteiger charge is 2.23. The van der Waals surface area contributed by atoms with E-state index < -0.39 is 32.4 Å².